The summed E-state index contributed by atoms with van der Waals surface area (Å²) in [6, 6.07) is 3.90. The molecule has 1 aromatic carbocycles. The highest BCUT2D eigenvalue weighted by Gasteiger charge is 2.51. The summed E-state index contributed by atoms with van der Waals surface area (Å²) in [5.74, 6) is 0.500. The molecule has 1 aromatic heterocycles. The minimum absolute atomic E-state index is 0.00325. The SMILES string of the molecule is CCN(C(=O)c1cc(F)ccc1Oc1nncnc1N1CC2(CCN(C[C@H]3CC[C@]4(CC3)CC(C(C)(C)O)C(=O)N4)CC2)C1)C(C)C. The maximum atomic E-state index is 14.3. The van der Waals surface area contributed by atoms with Gasteiger partial charge in [-0.25, -0.2) is 9.37 Å². The minimum atomic E-state index is -0.986. The molecule has 0 radical (unpaired) electrons. The van der Waals surface area contributed by atoms with Gasteiger partial charge in [0, 0.05) is 43.2 Å². The van der Waals surface area contributed by atoms with E-state index in [1.54, 1.807) is 18.7 Å². The molecule has 1 saturated carbocycles. The molecule has 4 heterocycles. The van der Waals surface area contributed by atoms with Crippen LogP contribution >= 0.6 is 0 Å². The molecule has 1 atom stereocenters. The van der Waals surface area contributed by atoms with Crippen LogP contribution in [0, 0.1) is 23.1 Å². The maximum absolute atomic E-state index is 14.3. The summed E-state index contributed by atoms with van der Waals surface area (Å²) in [6.45, 7) is 14.6. The first-order valence-corrected chi connectivity index (χ1v) is 17.3. The Kier molecular flexibility index (Phi) is 9.21. The number of hydrogen-bond donors (Lipinski definition) is 2. The fourth-order valence-corrected chi connectivity index (χ4v) is 8.30. The summed E-state index contributed by atoms with van der Waals surface area (Å²) >= 11 is 0. The van der Waals surface area contributed by atoms with E-state index in [9.17, 15) is 19.1 Å². The third kappa shape index (κ3) is 6.95. The highest BCUT2D eigenvalue weighted by molar-refractivity contribution is 5.97. The summed E-state index contributed by atoms with van der Waals surface area (Å²) < 4.78 is 20.4. The number of carbonyl (C=O) groups excluding carboxylic acids is 2. The third-order valence-electron chi connectivity index (χ3n) is 11.2. The van der Waals surface area contributed by atoms with E-state index >= 15 is 0 Å². The van der Waals surface area contributed by atoms with E-state index in [2.05, 4.69) is 30.3 Å². The van der Waals surface area contributed by atoms with Gasteiger partial charge in [0.25, 0.3) is 11.8 Å². The summed E-state index contributed by atoms with van der Waals surface area (Å²) in [7, 11) is 0. The van der Waals surface area contributed by atoms with E-state index in [1.165, 1.54) is 24.5 Å². The Hall–Kier alpha value is -3.38. The van der Waals surface area contributed by atoms with Gasteiger partial charge in [0.15, 0.2) is 5.82 Å². The Labute approximate surface area is 277 Å². The van der Waals surface area contributed by atoms with Crippen LogP contribution in [0.4, 0.5) is 10.2 Å². The molecule has 2 N–H and O–H groups in total. The van der Waals surface area contributed by atoms with Crippen molar-refractivity contribution < 1.29 is 23.8 Å². The van der Waals surface area contributed by atoms with E-state index in [1.807, 2.05) is 20.8 Å². The summed E-state index contributed by atoms with van der Waals surface area (Å²) in [6.07, 6.45) is 8.54. The fraction of sp³-hybridized carbons (Fsp3) is 0.686. The van der Waals surface area contributed by atoms with E-state index in [4.69, 9.17) is 4.74 Å². The lowest BCUT2D eigenvalue weighted by Crippen LogP contribution is -2.61. The monoisotopic (exact) mass is 651 g/mol. The second kappa shape index (κ2) is 12.9. The lowest BCUT2D eigenvalue weighted by molar-refractivity contribution is -0.129. The van der Waals surface area contributed by atoms with Gasteiger partial charge in [-0.15, -0.1) is 10.2 Å². The number of aromatic nitrogens is 3. The van der Waals surface area contributed by atoms with E-state index in [0.717, 1.165) is 77.7 Å². The first kappa shape index (κ1) is 33.5. The van der Waals surface area contributed by atoms with Crippen molar-refractivity contribution in [3.8, 4) is 11.6 Å². The third-order valence-corrected chi connectivity index (χ3v) is 11.2. The molecule has 1 unspecified atom stereocenters. The number of halogens is 1. The molecular formula is C35H50FN7O4. The highest BCUT2D eigenvalue weighted by Crippen LogP contribution is 2.46. The van der Waals surface area contributed by atoms with Crippen LogP contribution in [0.2, 0.25) is 0 Å². The topological polar surface area (TPSA) is 124 Å². The molecule has 2 aromatic rings. The van der Waals surface area contributed by atoms with Gasteiger partial charge in [-0.2, -0.15) is 0 Å². The van der Waals surface area contributed by atoms with E-state index < -0.39 is 11.4 Å². The average Bonchev–Trinajstić information content (AvgIpc) is 3.35. The van der Waals surface area contributed by atoms with Crippen LogP contribution in [-0.4, -0.2) is 98.4 Å². The molecule has 3 saturated heterocycles. The quantitative estimate of drug-likeness (QED) is 0.406. The zero-order valence-electron chi connectivity index (χ0n) is 28.5. The second-order valence-corrected chi connectivity index (χ2v) is 15.3. The van der Waals surface area contributed by atoms with Crippen LogP contribution in [0.15, 0.2) is 24.5 Å². The number of amides is 2. The molecule has 3 aliphatic heterocycles. The number of piperidine rings is 1. The Morgan fingerprint density at radius 2 is 1.89 bits per heavy atom. The van der Waals surface area contributed by atoms with Gasteiger partial charge in [0.1, 0.15) is 17.9 Å². The van der Waals surface area contributed by atoms with Crippen molar-refractivity contribution in [2.45, 2.75) is 96.7 Å². The Balaban J connectivity index is 1.02. The number of rotatable bonds is 9. The summed E-state index contributed by atoms with van der Waals surface area (Å²) in [4.78, 5) is 36.8. The number of likely N-dealkylation sites (tertiary alicyclic amines) is 1. The van der Waals surface area contributed by atoms with Gasteiger partial charge in [0.2, 0.25) is 5.91 Å². The normalized spacial score (nSPS) is 26.0. The lowest BCUT2D eigenvalue weighted by atomic mass is 9.71. The lowest BCUT2D eigenvalue weighted by Gasteiger charge is -2.54. The van der Waals surface area contributed by atoms with Gasteiger partial charge in [-0.1, -0.05) is 0 Å². The largest absolute Gasteiger partial charge is 0.434 e. The van der Waals surface area contributed by atoms with Crippen LogP contribution < -0.4 is 15.0 Å². The Morgan fingerprint density at radius 1 is 1.19 bits per heavy atom. The van der Waals surface area contributed by atoms with Crippen LogP contribution in [0.1, 0.15) is 89.9 Å². The fourth-order valence-electron chi connectivity index (χ4n) is 8.30. The zero-order valence-corrected chi connectivity index (χ0v) is 28.5. The standard InChI is InChI=1S/C35H50FN7O4/c1-6-43(23(2)3)32(45)26-17-25(36)7-8-28(26)47-31-29(37-22-38-40-31)42-20-34(21-42)13-15-41(16-14-34)19-24-9-11-35(12-10-24)18-27(30(44)39-35)33(4,5)46/h7-8,17,22-24,27,46H,6,9-16,18-21H2,1-5H3,(H,39,44)/t24-,27?,35-. The molecular weight excluding hydrogens is 601 g/mol. The molecule has 6 rings (SSSR count). The number of benzene rings is 1. The van der Waals surface area contributed by atoms with Gasteiger partial charge in [-0.05, 0) is 117 Å². The van der Waals surface area contributed by atoms with Crippen molar-refractivity contribution in [3.63, 3.8) is 0 Å². The number of nitrogens with zero attached hydrogens (tertiary/aromatic N) is 6. The van der Waals surface area contributed by atoms with Gasteiger partial charge < -0.3 is 29.9 Å². The van der Waals surface area contributed by atoms with Crippen molar-refractivity contribution in [3.05, 3.63) is 35.9 Å². The molecule has 2 spiro atoms. The predicted octanol–water partition coefficient (Wildman–Crippen LogP) is 4.41. The molecule has 256 valence electrons. The van der Waals surface area contributed by atoms with Crippen LogP contribution in [-0.2, 0) is 4.79 Å². The molecule has 2 amide bonds. The Morgan fingerprint density at radius 3 is 2.51 bits per heavy atom. The first-order valence-electron chi connectivity index (χ1n) is 17.3. The van der Waals surface area contributed by atoms with E-state index in [0.29, 0.717) is 18.3 Å². The summed E-state index contributed by atoms with van der Waals surface area (Å²) in [5, 5.41) is 21.9. The van der Waals surface area contributed by atoms with Crippen molar-refractivity contribution >= 4 is 17.6 Å². The van der Waals surface area contributed by atoms with E-state index in [-0.39, 0.29) is 51.9 Å². The number of anilines is 1. The molecule has 11 nitrogen and oxygen atoms in total. The average molecular weight is 652 g/mol. The molecule has 0 bridgehead atoms. The number of hydrogen-bond acceptors (Lipinski definition) is 9. The molecule has 12 heteroatoms. The van der Waals surface area contributed by atoms with Crippen LogP contribution in [0.3, 0.4) is 0 Å². The maximum Gasteiger partial charge on any atom is 0.282 e. The van der Waals surface area contributed by atoms with Crippen LogP contribution in [0.5, 0.6) is 11.6 Å². The van der Waals surface area contributed by atoms with Gasteiger partial charge >= 0.3 is 0 Å². The molecule has 4 aliphatic rings. The minimum Gasteiger partial charge on any atom is -0.434 e. The Bertz CT molecular complexity index is 1460. The smallest absolute Gasteiger partial charge is 0.282 e. The number of aliphatic hydroxyl groups is 1. The predicted molar refractivity (Wildman–Crippen MR) is 176 cm³/mol. The van der Waals surface area contributed by atoms with Crippen molar-refractivity contribution in [1.82, 2.24) is 30.3 Å². The highest BCUT2D eigenvalue weighted by atomic mass is 19.1. The van der Waals surface area contributed by atoms with Crippen molar-refractivity contribution in [1.29, 1.82) is 0 Å². The van der Waals surface area contributed by atoms with Crippen molar-refractivity contribution in [2.24, 2.45) is 17.3 Å². The number of ether oxygens (including phenoxy) is 1. The second-order valence-electron chi connectivity index (χ2n) is 15.3. The van der Waals surface area contributed by atoms with Gasteiger partial charge in [0.05, 0.1) is 17.1 Å². The zero-order chi connectivity index (χ0) is 33.6. The van der Waals surface area contributed by atoms with Crippen molar-refractivity contribution in [2.75, 3.05) is 44.2 Å². The number of carbonyl (C=O) groups is 2. The van der Waals surface area contributed by atoms with Crippen LogP contribution in [0.25, 0.3) is 0 Å². The van der Waals surface area contributed by atoms with Gasteiger partial charge in [-0.3, -0.25) is 9.59 Å². The molecule has 47 heavy (non-hydrogen) atoms. The number of nitrogens with one attached hydrogen (secondary N) is 1. The molecule has 1 aliphatic carbocycles. The first-order chi connectivity index (χ1) is 22.3. The molecule has 4 fully saturated rings. The summed E-state index contributed by atoms with van der Waals surface area (Å²) in [5.41, 5.74) is -0.772.